The minimum absolute atomic E-state index is 0.263. The lowest BCUT2D eigenvalue weighted by Gasteiger charge is -2.30. The van der Waals surface area contributed by atoms with Crippen LogP contribution < -0.4 is 5.32 Å². The largest absolute Gasteiger partial charge is 0.381 e. The van der Waals surface area contributed by atoms with Gasteiger partial charge < -0.3 is 9.47 Å². The molecule has 0 amide bonds. The van der Waals surface area contributed by atoms with Crippen molar-refractivity contribution in [3.8, 4) is 6.07 Å². The maximum atomic E-state index is 9.62. The summed E-state index contributed by atoms with van der Waals surface area (Å²) in [6.07, 6.45) is 8.00. The first kappa shape index (κ1) is 14.3. The summed E-state index contributed by atoms with van der Waals surface area (Å²) in [4.78, 5) is 0. The molecule has 0 aromatic carbocycles. The van der Waals surface area contributed by atoms with Gasteiger partial charge in [0.15, 0.2) is 0 Å². The second kappa shape index (κ2) is 6.43. The Morgan fingerprint density at radius 1 is 1.30 bits per heavy atom. The van der Waals surface area contributed by atoms with Crippen molar-refractivity contribution in [3.05, 3.63) is 0 Å². The molecule has 1 heterocycles. The second-order valence-electron chi connectivity index (χ2n) is 6.68. The minimum Gasteiger partial charge on any atom is -0.381 e. The van der Waals surface area contributed by atoms with Crippen molar-refractivity contribution >= 4 is 0 Å². The van der Waals surface area contributed by atoms with E-state index in [0.29, 0.717) is 17.9 Å². The Bertz CT molecular complexity index is 358. The lowest BCUT2D eigenvalue weighted by molar-refractivity contribution is 0.0758. The molecule has 1 aliphatic heterocycles. The summed E-state index contributed by atoms with van der Waals surface area (Å²) >= 11 is 0. The van der Waals surface area contributed by atoms with Gasteiger partial charge in [0.2, 0.25) is 0 Å². The number of nitriles is 1. The highest BCUT2D eigenvalue weighted by molar-refractivity contribution is 5.16. The SMILES string of the molecule is N#CC1(NC2CC2)CCCC1CCOCC1CCOC1. The fraction of sp³-hybridized carbons (Fsp3) is 0.938. The third kappa shape index (κ3) is 3.33. The van der Waals surface area contributed by atoms with E-state index in [2.05, 4.69) is 11.4 Å². The van der Waals surface area contributed by atoms with Crippen molar-refractivity contribution in [2.75, 3.05) is 26.4 Å². The van der Waals surface area contributed by atoms with Gasteiger partial charge in [0.1, 0.15) is 5.54 Å². The number of ether oxygens (including phenoxy) is 2. The van der Waals surface area contributed by atoms with Gasteiger partial charge in [-0.05, 0) is 44.4 Å². The molecule has 112 valence electrons. The van der Waals surface area contributed by atoms with Crippen LogP contribution in [0.4, 0.5) is 0 Å². The minimum atomic E-state index is -0.263. The quantitative estimate of drug-likeness (QED) is 0.726. The average Bonchev–Trinajstić information content (AvgIpc) is 2.97. The van der Waals surface area contributed by atoms with Crippen molar-refractivity contribution in [3.63, 3.8) is 0 Å². The molecule has 3 fully saturated rings. The summed E-state index contributed by atoms with van der Waals surface area (Å²) in [6.45, 7) is 3.35. The van der Waals surface area contributed by atoms with Crippen LogP contribution in [0.5, 0.6) is 0 Å². The first-order valence-electron chi connectivity index (χ1n) is 8.17. The van der Waals surface area contributed by atoms with Gasteiger partial charge in [0, 0.05) is 25.2 Å². The van der Waals surface area contributed by atoms with Crippen molar-refractivity contribution in [2.45, 2.75) is 56.5 Å². The highest BCUT2D eigenvalue weighted by atomic mass is 16.5. The average molecular weight is 278 g/mol. The molecule has 0 bridgehead atoms. The van der Waals surface area contributed by atoms with Crippen LogP contribution in [0.3, 0.4) is 0 Å². The standard InChI is InChI=1S/C16H26N2O2/c17-12-16(18-15-3-4-15)7-1-2-14(16)6-9-20-11-13-5-8-19-10-13/h13-15,18H,1-11H2. The third-order valence-electron chi connectivity index (χ3n) is 5.05. The first-order chi connectivity index (χ1) is 9.82. The summed E-state index contributed by atoms with van der Waals surface area (Å²) in [6, 6.07) is 3.20. The molecule has 1 saturated heterocycles. The Morgan fingerprint density at radius 3 is 2.90 bits per heavy atom. The molecule has 3 aliphatic rings. The van der Waals surface area contributed by atoms with Crippen LogP contribution >= 0.6 is 0 Å². The molecule has 0 spiro atoms. The zero-order valence-electron chi connectivity index (χ0n) is 12.3. The van der Waals surface area contributed by atoms with Gasteiger partial charge in [-0.1, -0.05) is 6.42 Å². The molecule has 4 nitrogen and oxygen atoms in total. The number of rotatable bonds is 7. The molecule has 0 radical (unpaired) electrons. The van der Waals surface area contributed by atoms with E-state index < -0.39 is 0 Å². The Labute approximate surface area is 121 Å². The van der Waals surface area contributed by atoms with Gasteiger partial charge >= 0.3 is 0 Å². The topological polar surface area (TPSA) is 54.3 Å². The molecule has 2 saturated carbocycles. The summed E-state index contributed by atoms with van der Waals surface area (Å²) < 4.78 is 11.2. The van der Waals surface area contributed by atoms with Gasteiger partial charge in [0.25, 0.3) is 0 Å². The maximum absolute atomic E-state index is 9.62. The summed E-state index contributed by atoms with van der Waals surface area (Å²) in [5.41, 5.74) is -0.263. The van der Waals surface area contributed by atoms with Crippen LogP contribution in [0.25, 0.3) is 0 Å². The Hall–Kier alpha value is -0.630. The lowest BCUT2D eigenvalue weighted by atomic mass is 9.86. The molecule has 3 atom stereocenters. The van der Waals surface area contributed by atoms with Crippen LogP contribution in [0.1, 0.15) is 44.9 Å². The van der Waals surface area contributed by atoms with E-state index in [0.717, 1.165) is 45.7 Å². The van der Waals surface area contributed by atoms with Gasteiger partial charge in [0.05, 0.1) is 19.3 Å². The third-order valence-corrected chi connectivity index (χ3v) is 5.05. The number of nitrogens with zero attached hydrogens (tertiary/aromatic N) is 1. The van der Waals surface area contributed by atoms with E-state index in [1.165, 1.54) is 25.7 Å². The second-order valence-corrected chi connectivity index (χ2v) is 6.68. The van der Waals surface area contributed by atoms with Crippen LogP contribution in [0.2, 0.25) is 0 Å². The smallest absolute Gasteiger partial charge is 0.109 e. The normalized spacial score (nSPS) is 37.1. The van der Waals surface area contributed by atoms with E-state index in [-0.39, 0.29) is 5.54 Å². The highest BCUT2D eigenvalue weighted by Gasteiger charge is 2.45. The molecule has 3 rings (SSSR count). The van der Waals surface area contributed by atoms with Gasteiger partial charge in [-0.2, -0.15) is 5.26 Å². The van der Waals surface area contributed by atoms with Crippen molar-refractivity contribution in [2.24, 2.45) is 11.8 Å². The van der Waals surface area contributed by atoms with E-state index in [9.17, 15) is 5.26 Å². The van der Waals surface area contributed by atoms with Crippen LogP contribution in [-0.2, 0) is 9.47 Å². The Kier molecular flexibility index (Phi) is 4.60. The number of hydrogen-bond donors (Lipinski definition) is 1. The molecule has 0 aromatic rings. The number of nitrogens with one attached hydrogen (secondary N) is 1. The predicted molar refractivity (Wildman–Crippen MR) is 76.2 cm³/mol. The fourth-order valence-electron chi connectivity index (χ4n) is 3.62. The molecule has 4 heteroatoms. The van der Waals surface area contributed by atoms with Gasteiger partial charge in [-0.15, -0.1) is 0 Å². The van der Waals surface area contributed by atoms with E-state index in [1.54, 1.807) is 0 Å². The maximum Gasteiger partial charge on any atom is 0.109 e. The number of hydrogen-bond acceptors (Lipinski definition) is 4. The van der Waals surface area contributed by atoms with Crippen molar-refractivity contribution in [1.29, 1.82) is 5.26 Å². The fourth-order valence-corrected chi connectivity index (χ4v) is 3.62. The Morgan fingerprint density at radius 2 is 2.20 bits per heavy atom. The Balaban J connectivity index is 1.42. The molecule has 3 unspecified atom stereocenters. The first-order valence-corrected chi connectivity index (χ1v) is 8.17. The van der Waals surface area contributed by atoms with Crippen LogP contribution in [0, 0.1) is 23.2 Å². The van der Waals surface area contributed by atoms with Crippen molar-refractivity contribution in [1.82, 2.24) is 5.32 Å². The van der Waals surface area contributed by atoms with Crippen molar-refractivity contribution < 1.29 is 9.47 Å². The summed E-state index contributed by atoms with van der Waals surface area (Å²) in [5.74, 6) is 1.05. The zero-order valence-corrected chi connectivity index (χ0v) is 12.3. The van der Waals surface area contributed by atoms with E-state index in [4.69, 9.17) is 9.47 Å². The zero-order chi connectivity index (χ0) is 13.8. The molecule has 1 N–H and O–H groups in total. The predicted octanol–water partition coefficient (Wildman–Crippen LogP) is 2.24. The molecular weight excluding hydrogens is 252 g/mol. The molecule has 20 heavy (non-hydrogen) atoms. The molecule has 0 aromatic heterocycles. The van der Waals surface area contributed by atoms with E-state index >= 15 is 0 Å². The molecular formula is C16H26N2O2. The van der Waals surface area contributed by atoms with Crippen LogP contribution in [-0.4, -0.2) is 38.0 Å². The van der Waals surface area contributed by atoms with Gasteiger partial charge in [-0.25, -0.2) is 0 Å². The molecule has 2 aliphatic carbocycles. The monoisotopic (exact) mass is 278 g/mol. The summed E-state index contributed by atoms with van der Waals surface area (Å²) in [5, 5.41) is 13.2. The summed E-state index contributed by atoms with van der Waals surface area (Å²) in [7, 11) is 0. The lowest BCUT2D eigenvalue weighted by Crippen LogP contribution is -2.48. The van der Waals surface area contributed by atoms with E-state index in [1.807, 2.05) is 0 Å². The van der Waals surface area contributed by atoms with Crippen LogP contribution in [0.15, 0.2) is 0 Å². The van der Waals surface area contributed by atoms with Gasteiger partial charge in [-0.3, -0.25) is 5.32 Å². The highest BCUT2D eigenvalue weighted by Crippen LogP contribution is 2.40.